The Balaban J connectivity index is 1.32. The molecule has 6 heteroatoms. The van der Waals surface area contributed by atoms with Crippen molar-refractivity contribution in [3.63, 3.8) is 0 Å². The second-order valence-electron chi connectivity index (χ2n) is 9.81. The summed E-state index contributed by atoms with van der Waals surface area (Å²) in [5.74, 6) is 0.594. The van der Waals surface area contributed by atoms with Crippen LogP contribution >= 0.6 is 0 Å². The summed E-state index contributed by atoms with van der Waals surface area (Å²) >= 11 is 0. The van der Waals surface area contributed by atoms with Crippen LogP contribution in [0, 0.1) is 6.92 Å². The Morgan fingerprint density at radius 3 is 2.43 bits per heavy atom. The average molecular weight is 493 g/mol. The first-order chi connectivity index (χ1) is 18.2. The highest BCUT2D eigenvalue weighted by Gasteiger charge is 2.24. The molecule has 186 valence electrons. The third-order valence-electron chi connectivity index (χ3n) is 7.60. The van der Waals surface area contributed by atoms with E-state index >= 15 is 0 Å². The Morgan fingerprint density at radius 1 is 0.946 bits per heavy atom. The van der Waals surface area contributed by atoms with Gasteiger partial charge in [0.1, 0.15) is 12.7 Å². The third-order valence-corrected chi connectivity index (χ3v) is 7.60. The number of hydrogen-bond donors (Lipinski definition) is 0. The van der Waals surface area contributed by atoms with E-state index in [2.05, 4.69) is 75.9 Å². The lowest BCUT2D eigenvalue weighted by molar-refractivity contribution is -0.102. The van der Waals surface area contributed by atoms with Crippen LogP contribution in [-0.4, -0.2) is 41.7 Å². The van der Waals surface area contributed by atoms with Gasteiger partial charge in [-0.3, -0.25) is 4.79 Å². The molecule has 1 saturated heterocycles. The molecular formula is C31H28N2O4. The molecule has 2 aliphatic heterocycles. The zero-order valence-corrected chi connectivity index (χ0v) is 20.8. The number of para-hydroxylation sites is 2. The predicted octanol–water partition coefficient (Wildman–Crippen LogP) is 5.27. The third kappa shape index (κ3) is 3.67. The molecule has 1 fully saturated rings. The van der Waals surface area contributed by atoms with E-state index in [4.69, 9.17) is 14.2 Å². The highest BCUT2D eigenvalue weighted by Crippen LogP contribution is 2.37. The van der Waals surface area contributed by atoms with Gasteiger partial charge in [0, 0.05) is 40.2 Å². The summed E-state index contributed by atoms with van der Waals surface area (Å²) in [4.78, 5) is 13.0. The maximum absolute atomic E-state index is 13.0. The van der Waals surface area contributed by atoms with Gasteiger partial charge in [-0.2, -0.15) is 0 Å². The van der Waals surface area contributed by atoms with E-state index in [1.54, 1.807) is 6.07 Å². The molecule has 0 aliphatic carbocycles. The van der Waals surface area contributed by atoms with Gasteiger partial charge in [0.05, 0.1) is 36.5 Å². The van der Waals surface area contributed by atoms with Crippen LogP contribution in [0.3, 0.4) is 0 Å². The SMILES string of the molecule is Cc1c2n(c(OC[C@@H]3COCCO3)cc1=O)CCc1cc(-n3c4ccccc4c4ccccc43)ccc1-2. The number of benzene rings is 3. The molecule has 3 aromatic carbocycles. The maximum Gasteiger partial charge on any atom is 0.197 e. The van der Waals surface area contributed by atoms with E-state index in [-0.39, 0.29) is 11.5 Å². The van der Waals surface area contributed by atoms with Crippen molar-refractivity contribution in [2.24, 2.45) is 0 Å². The maximum atomic E-state index is 13.0. The van der Waals surface area contributed by atoms with Crippen molar-refractivity contribution in [1.82, 2.24) is 9.13 Å². The summed E-state index contributed by atoms with van der Waals surface area (Å²) < 4.78 is 21.8. The van der Waals surface area contributed by atoms with Gasteiger partial charge in [-0.1, -0.05) is 42.5 Å². The fourth-order valence-corrected chi connectivity index (χ4v) is 5.82. The number of pyridine rings is 1. The summed E-state index contributed by atoms with van der Waals surface area (Å²) in [7, 11) is 0. The summed E-state index contributed by atoms with van der Waals surface area (Å²) in [6.07, 6.45) is 0.737. The first-order valence-electron chi connectivity index (χ1n) is 12.9. The van der Waals surface area contributed by atoms with Gasteiger partial charge >= 0.3 is 0 Å². The van der Waals surface area contributed by atoms with Crippen LogP contribution in [0.15, 0.2) is 77.6 Å². The largest absolute Gasteiger partial charge is 0.476 e. The van der Waals surface area contributed by atoms with E-state index in [0.29, 0.717) is 32.3 Å². The molecule has 0 spiro atoms. The minimum absolute atomic E-state index is 0.0126. The van der Waals surface area contributed by atoms with Crippen LogP contribution in [0.1, 0.15) is 11.1 Å². The normalized spacial score (nSPS) is 17.1. The number of aryl methyl sites for hydroxylation is 1. The number of rotatable bonds is 4. The number of nitrogens with zero attached hydrogens (tertiary/aromatic N) is 2. The molecule has 0 amide bonds. The molecule has 0 radical (unpaired) electrons. The monoisotopic (exact) mass is 492 g/mol. The number of aromatic nitrogens is 2. The second-order valence-corrected chi connectivity index (χ2v) is 9.81. The van der Waals surface area contributed by atoms with Gasteiger partial charge < -0.3 is 23.3 Å². The summed E-state index contributed by atoms with van der Waals surface area (Å²) in [5.41, 5.74) is 7.52. The zero-order valence-electron chi connectivity index (χ0n) is 20.8. The van der Waals surface area contributed by atoms with Gasteiger partial charge in [0.2, 0.25) is 0 Å². The minimum Gasteiger partial charge on any atom is -0.476 e. The van der Waals surface area contributed by atoms with E-state index in [9.17, 15) is 4.79 Å². The van der Waals surface area contributed by atoms with Gasteiger partial charge in [0.15, 0.2) is 11.3 Å². The molecule has 1 atom stereocenters. The highest BCUT2D eigenvalue weighted by atomic mass is 16.6. The first-order valence-corrected chi connectivity index (χ1v) is 12.9. The molecule has 0 saturated carbocycles. The Labute approximate surface area is 214 Å². The molecule has 5 aromatic rings. The molecule has 4 heterocycles. The molecule has 2 aliphatic rings. The van der Waals surface area contributed by atoms with E-state index in [1.165, 1.54) is 27.4 Å². The van der Waals surface area contributed by atoms with Crippen LogP contribution in [0.5, 0.6) is 5.88 Å². The standard InChI is InChI=1S/C31H28N2O4/c1-20-29(34)17-30(37-19-23-18-35-14-15-36-23)32-13-12-21-16-22(10-11-24(21)31(20)32)33-27-8-4-2-6-25(27)26-7-3-5-9-28(26)33/h2-11,16-17,23H,12-15,18-19H2,1H3/t23-/m0/s1. The lowest BCUT2D eigenvalue weighted by Crippen LogP contribution is -2.34. The molecule has 0 N–H and O–H groups in total. The zero-order chi connectivity index (χ0) is 24.9. The number of ether oxygens (including phenoxy) is 3. The molecular weight excluding hydrogens is 464 g/mol. The summed E-state index contributed by atoms with van der Waals surface area (Å²) in [6, 6.07) is 25.3. The van der Waals surface area contributed by atoms with Crippen LogP contribution in [0.25, 0.3) is 38.8 Å². The molecule has 37 heavy (non-hydrogen) atoms. The second kappa shape index (κ2) is 8.91. The topological polar surface area (TPSA) is 54.6 Å². The molecule has 6 nitrogen and oxygen atoms in total. The lowest BCUT2D eigenvalue weighted by atomic mass is 9.94. The van der Waals surface area contributed by atoms with E-state index in [1.807, 2.05) is 6.92 Å². The Morgan fingerprint density at radius 2 is 1.70 bits per heavy atom. The van der Waals surface area contributed by atoms with Crippen LogP contribution in [0.4, 0.5) is 0 Å². The Bertz CT molecular complexity index is 1660. The van der Waals surface area contributed by atoms with Crippen molar-refractivity contribution >= 4 is 21.8 Å². The van der Waals surface area contributed by atoms with Crippen molar-refractivity contribution < 1.29 is 14.2 Å². The van der Waals surface area contributed by atoms with E-state index in [0.717, 1.165) is 35.5 Å². The van der Waals surface area contributed by atoms with Crippen LogP contribution in [-0.2, 0) is 22.4 Å². The highest BCUT2D eigenvalue weighted by molar-refractivity contribution is 6.09. The van der Waals surface area contributed by atoms with Crippen molar-refractivity contribution in [2.75, 3.05) is 26.4 Å². The minimum atomic E-state index is -0.119. The van der Waals surface area contributed by atoms with Gasteiger partial charge in [0.25, 0.3) is 0 Å². The Hall–Kier alpha value is -3.87. The molecule has 0 unspecified atom stereocenters. The predicted molar refractivity (Wildman–Crippen MR) is 145 cm³/mol. The van der Waals surface area contributed by atoms with Crippen molar-refractivity contribution in [2.45, 2.75) is 26.0 Å². The van der Waals surface area contributed by atoms with Crippen LogP contribution in [0.2, 0.25) is 0 Å². The fraction of sp³-hybridized carbons (Fsp3) is 0.258. The Kier molecular flexibility index (Phi) is 5.38. The molecule has 7 rings (SSSR count). The van der Waals surface area contributed by atoms with Crippen molar-refractivity contribution in [3.05, 3.63) is 94.1 Å². The number of fused-ring (bicyclic) bond motifs is 6. The van der Waals surface area contributed by atoms with Gasteiger partial charge in [-0.25, -0.2) is 0 Å². The van der Waals surface area contributed by atoms with Gasteiger partial charge in [-0.05, 0) is 43.2 Å². The number of hydrogen-bond acceptors (Lipinski definition) is 4. The lowest BCUT2D eigenvalue weighted by Gasteiger charge is -2.28. The summed E-state index contributed by atoms with van der Waals surface area (Å²) in [5, 5.41) is 2.50. The molecule has 2 aromatic heterocycles. The quantitative estimate of drug-likeness (QED) is 0.343. The fourth-order valence-electron chi connectivity index (χ4n) is 5.82. The van der Waals surface area contributed by atoms with Crippen molar-refractivity contribution in [1.29, 1.82) is 0 Å². The van der Waals surface area contributed by atoms with Gasteiger partial charge in [-0.15, -0.1) is 0 Å². The smallest absolute Gasteiger partial charge is 0.197 e. The molecule has 0 bridgehead atoms. The van der Waals surface area contributed by atoms with Crippen LogP contribution < -0.4 is 10.2 Å². The van der Waals surface area contributed by atoms with Crippen molar-refractivity contribution in [3.8, 4) is 22.8 Å². The first kappa shape index (κ1) is 22.3. The summed E-state index contributed by atoms with van der Waals surface area (Å²) in [6.45, 7) is 4.72. The average Bonchev–Trinajstić information content (AvgIpc) is 3.28. The van der Waals surface area contributed by atoms with E-state index < -0.39 is 0 Å².